The Kier molecular flexibility index (Phi) is 7.04. The van der Waals surface area contributed by atoms with Crippen LogP contribution in [0.1, 0.15) is 45.4 Å². The van der Waals surface area contributed by atoms with Crippen LogP contribution in [0.5, 0.6) is 0 Å². The topological polar surface area (TPSA) is 58.9 Å². The average molecular weight is 246 g/mol. The monoisotopic (exact) mass is 246 g/mol. The highest BCUT2D eigenvalue weighted by molar-refractivity contribution is 4.91. The lowest BCUT2D eigenvalue weighted by Gasteiger charge is -2.32. The van der Waals surface area contributed by atoms with Gasteiger partial charge in [0.05, 0.1) is 38.1 Å². The first-order chi connectivity index (χ1) is 8.23. The van der Waals surface area contributed by atoms with Crippen LogP contribution < -0.4 is 0 Å². The minimum Gasteiger partial charge on any atom is -0.394 e. The summed E-state index contributed by atoms with van der Waals surface area (Å²) >= 11 is 0. The van der Waals surface area contributed by atoms with Crippen molar-refractivity contribution in [2.45, 2.75) is 57.2 Å². The molecule has 1 rings (SSSR count). The van der Waals surface area contributed by atoms with Gasteiger partial charge in [-0.05, 0) is 19.3 Å². The highest BCUT2D eigenvalue weighted by Gasteiger charge is 2.39. The first-order valence-corrected chi connectivity index (χ1v) is 6.75. The Balaban J connectivity index is 2.27. The number of hydrogen-bond donors (Lipinski definition) is 2. The number of aliphatic hydroxyl groups excluding tert-OH is 1. The number of ether oxygens (including phenoxy) is 2. The fraction of sp³-hybridized carbons (Fsp3) is 1.00. The predicted molar refractivity (Wildman–Crippen MR) is 66.0 cm³/mol. The van der Waals surface area contributed by atoms with Crippen molar-refractivity contribution in [3.8, 4) is 0 Å². The molecule has 1 fully saturated rings. The molecule has 0 amide bonds. The van der Waals surface area contributed by atoms with E-state index in [0.717, 1.165) is 38.5 Å². The van der Waals surface area contributed by atoms with Gasteiger partial charge in [0.15, 0.2) is 0 Å². The molecule has 1 aliphatic carbocycles. The van der Waals surface area contributed by atoms with E-state index in [1.54, 1.807) is 0 Å². The average Bonchev–Trinajstić information content (AvgIpc) is 2.76. The van der Waals surface area contributed by atoms with Gasteiger partial charge in [-0.15, -0.1) is 0 Å². The molecule has 2 N–H and O–H groups in total. The summed E-state index contributed by atoms with van der Waals surface area (Å²) < 4.78 is 10.9. The van der Waals surface area contributed by atoms with Crippen LogP contribution in [0.25, 0.3) is 0 Å². The van der Waals surface area contributed by atoms with Crippen molar-refractivity contribution in [2.75, 3.05) is 26.4 Å². The van der Waals surface area contributed by atoms with E-state index in [2.05, 4.69) is 6.92 Å². The molecule has 0 aromatic carbocycles. The smallest absolute Gasteiger partial charge is 0.0908 e. The Bertz CT molecular complexity index is 190. The fourth-order valence-electron chi connectivity index (χ4n) is 2.49. The summed E-state index contributed by atoms with van der Waals surface area (Å²) in [5, 5.41) is 19.0. The van der Waals surface area contributed by atoms with Gasteiger partial charge in [-0.2, -0.15) is 0 Å². The van der Waals surface area contributed by atoms with Crippen molar-refractivity contribution in [1.29, 1.82) is 0 Å². The van der Waals surface area contributed by atoms with E-state index in [1.165, 1.54) is 0 Å². The van der Waals surface area contributed by atoms with Gasteiger partial charge < -0.3 is 19.7 Å². The standard InChI is InChI=1S/C13H26O4/c1-2-5-12(13(15)6-3-4-7-13)17-11-10-16-9-8-14/h12,14-15H,2-11H2,1H3. The van der Waals surface area contributed by atoms with Crippen molar-refractivity contribution in [3.05, 3.63) is 0 Å². The van der Waals surface area contributed by atoms with E-state index in [1.807, 2.05) is 0 Å². The highest BCUT2D eigenvalue weighted by atomic mass is 16.5. The van der Waals surface area contributed by atoms with Crippen molar-refractivity contribution >= 4 is 0 Å². The van der Waals surface area contributed by atoms with Gasteiger partial charge >= 0.3 is 0 Å². The van der Waals surface area contributed by atoms with Gasteiger partial charge in [0.25, 0.3) is 0 Å². The molecule has 0 heterocycles. The van der Waals surface area contributed by atoms with Crippen LogP contribution in [0, 0.1) is 0 Å². The largest absolute Gasteiger partial charge is 0.394 e. The Morgan fingerprint density at radius 1 is 1.18 bits per heavy atom. The van der Waals surface area contributed by atoms with Crippen molar-refractivity contribution < 1.29 is 19.7 Å². The molecular weight excluding hydrogens is 220 g/mol. The molecular formula is C13H26O4. The van der Waals surface area contributed by atoms with Crippen LogP contribution in [0.15, 0.2) is 0 Å². The van der Waals surface area contributed by atoms with E-state index in [4.69, 9.17) is 14.6 Å². The maximum atomic E-state index is 10.5. The molecule has 0 aromatic heterocycles. The van der Waals surface area contributed by atoms with Gasteiger partial charge in [0.1, 0.15) is 0 Å². The lowest BCUT2D eigenvalue weighted by Crippen LogP contribution is -2.42. The van der Waals surface area contributed by atoms with E-state index >= 15 is 0 Å². The first-order valence-electron chi connectivity index (χ1n) is 6.75. The number of hydrogen-bond acceptors (Lipinski definition) is 4. The van der Waals surface area contributed by atoms with Crippen LogP contribution in [0.4, 0.5) is 0 Å². The summed E-state index contributed by atoms with van der Waals surface area (Å²) in [6.07, 6.45) is 5.76. The van der Waals surface area contributed by atoms with Gasteiger partial charge in [-0.3, -0.25) is 0 Å². The second-order valence-corrected chi connectivity index (χ2v) is 4.79. The third-order valence-corrected chi connectivity index (χ3v) is 3.40. The first kappa shape index (κ1) is 14.9. The maximum Gasteiger partial charge on any atom is 0.0908 e. The van der Waals surface area contributed by atoms with Crippen LogP contribution in [-0.2, 0) is 9.47 Å². The second-order valence-electron chi connectivity index (χ2n) is 4.79. The van der Waals surface area contributed by atoms with Gasteiger partial charge in [0, 0.05) is 0 Å². The van der Waals surface area contributed by atoms with Crippen LogP contribution in [-0.4, -0.2) is 48.3 Å². The van der Waals surface area contributed by atoms with Crippen LogP contribution in [0.2, 0.25) is 0 Å². The minimum atomic E-state index is -0.618. The maximum absolute atomic E-state index is 10.5. The molecule has 0 saturated heterocycles. The molecule has 102 valence electrons. The predicted octanol–water partition coefficient (Wildman–Crippen LogP) is 1.49. The van der Waals surface area contributed by atoms with Crippen LogP contribution in [0.3, 0.4) is 0 Å². The molecule has 0 radical (unpaired) electrons. The van der Waals surface area contributed by atoms with Gasteiger partial charge in [0.2, 0.25) is 0 Å². The summed E-state index contributed by atoms with van der Waals surface area (Å²) in [5.74, 6) is 0. The Hall–Kier alpha value is -0.160. The summed E-state index contributed by atoms with van der Waals surface area (Å²) in [7, 11) is 0. The second kappa shape index (κ2) is 8.03. The molecule has 17 heavy (non-hydrogen) atoms. The zero-order chi connectivity index (χ0) is 12.6. The molecule has 4 nitrogen and oxygen atoms in total. The zero-order valence-electron chi connectivity index (χ0n) is 10.9. The zero-order valence-corrected chi connectivity index (χ0v) is 10.9. The van der Waals surface area contributed by atoms with Crippen molar-refractivity contribution in [2.24, 2.45) is 0 Å². The lowest BCUT2D eigenvalue weighted by atomic mass is 9.91. The highest BCUT2D eigenvalue weighted by Crippen LogP contribution is 2.35. The Labute approximate surface area is 104 Å². The molecule has 1 saturated carbocycles. The van der Waals surface area contributed by atoms with Gasteiger partial charge in [-0.25, -0.2) is 0 Å². The molecule has 4 heteroatoms. The molecule has 1 aliphatic rings. The Morgan fingerprint density at radius 3 is 2.47 bits per heavy atom. The van der Waals surface area contributed by atoms with Gasteiger partial charge in [-0.1, -0.05) is 26.2 Å². The lowest BCUT2D eigenvalue weighted by molar-refractivity contribution is -0.118. The van der Waals surface area contributed by atoms with E-state index in [-0.39, 0.29) is 12.7 Å². The molecule has 0 bridgehead atoms. The van der Waals surface area contributed by atoms with Crippen molar-refractivity contribution in [1.82, 2.24) is 0 Å². The number of aliphatic hydroxyl groups is 2. The molecule has 0 aromatic rings. The molecule has 0 spiro atoms. The molecule has 1 atom stereocenters. The molecule has 1 unspecified atom stereocenters. The SMILES string of the molecule is CCCC(OCCOCCO)C1(O)CCCC1. The van der Waals surface area contributed by atoms with E-state index < -0.39 is 5.60 Å². The third kappa shape index (κ3) is 4.92. The van der Waals surface area contributed by atoms with E-state index in [0.29, 0.717) is 19.8 Å². The quantitative estimate of drug-likeness (QED) is 0.605. The third-order valence-electron chi connectivity index (χ3n) is 3.40. The summed E-state index contributed by atoms with van der Waals surface area (Å²) in [6, 6.07) is 0. The summed E-state index contributed by atoms with van der Waals surface area (Å²) in [4.78, 5) is 0. The summed E-state index contributed by atoms with van der Waals surface area (Å²) in [6.45, 7) is 3.48. The fourth-order valence-corrected chi connectivity index (χ4v) is 2.49. The van der Waals surface area contributed by atoms with Crippen LogP contribution >= 0.6 is 0 Å². The number of rotatable bonds is 9. The van der Waals surface area contributed by atoms with Crippen molar-refractivity contribution in [3.63, 3.8) is 0 Å². The normalized spacial score (nSPS) is 20.6. The summed E-state index contributed by atoms with van der Waals surface area (Å²) in [5.41, 5.74) is -0.618. The Morgan fingerprint density at radius 2 is 1.88 bits per heavy atom. The van der Waals surface area contributed by atoms with E-state index in [9.17, 15) is 5.11 Å². The minimum absolute atomic E-state index is 0.0440. The molecule has 0 aliphatic heterocycles.